The number of nitro groups is 1. The topological polar surface area (TPSA) is 88.4 Å². The lowest BCUT2D eigenvalue weighted by atomic mass is 10.1. The van der Waals surface area contributed by atoms with Crippen molar-refractivity contribution in [2.45, 2.75) is 13.0 Å². The molecule has 1 amide bonds. The van der Waals surface area contributed by atoms with Crippen LogP contribution in [0.5, 0.6) is 0 Å². The van der Waals surface area contributed by atoms with Crippen molar-refractivity contribution in [2.75, 3.05) is 19.4 Å². The molecule has 0 spiro atoms. The largest absolute Gasteiger partial charge is 0.373 e. The maximum absolute atomic E-state index is 11.9. The second-order valence-electron chi connectivity index (χ2n) is 4.89. The quantitative estimate of drug-likeness (QED) is 0.687. The molecule has 2 rings (SSSR count). The number of rotatable bonds is 4. The number of aromatic nitrogens is 1. The Hall–Kier alpha value is -2.70. The highest BCUT2D eigenvalue weighted by atomic mass is 16.6. The molecule has 1 N–H and O–H groups in total. The van der Waals surface area contributed by atoms with Crippen molar-refractivity contribution in [3.05, 3.63) is 40.6 Å². The molecule has 0 radical (unpaired) electrons. The van der Waals surface area contributed by atoms with Crippen LogP contribution in [0.4, 0.5) is 11.4 Å². The predicted molar refractivity (Wildman–Crippen MR) is 80.2 cm³/mol. The molecule has 1 unspecified atom stereocenters. The summed E-state index contributed by atoms with van der Waals surface area (Å²) in [6.45, 7) is 1.74. The van der Waals surface area contributed by atoms with Crippen LogP contribution in [-0.2, 0) is 4.79 Å². The third-order valence-electron chi connectivity index (χ3n) is 3.13. The van der Waals surface area contributed by atoms with Crippen LogP contribution in [0.15, 0.2) is 30.5 Å². The minimum atomic E-state index is -0.465. The maximum atomic E-state index is 11.9. The molecule has 0 aliphatic heterocycles. The summed E-state index contributed by atoms with van der Waals surface area (Å²) in [6.07, 6.45) is 1.51. The normalized spacial score (nSPS) is 12.0. The Bertz CT molecular complexity index is 700. The molecule has 7 nitrogen and oxygen atoms in total. The van der Waals surface area contributed by atoms with Crippen molar-refractivity contribution in [1.82, 2.24) is 9.88 Å². The van der Waals surface area contributed by atoms with Gasteiger partial charge in [-0.25, -0.2) is 4.98 Å². The number of hydrogen-bond donors (Lipinski definition) is 1. The Balaban J connectivity index is 2.45. The van der Waals surface area contributed by atoms with Crippen molar-refractivity contribution >= 4 is 28.2 Å². The highest BCUT2D eigenvalue weighted by Gasteiger charge is 2.19. The number of anilines is 1. The van der Waals surface area contributed by atoms with Gasteiger partial charge in [-0.15, -0.1) is 0 Å². The number of nitrogens with one attached hydrogen (secondary N) is 1. The molecule has 1 aromatic heterocycles. The van der Waals surface area contributed by atoms with Crippen LogP contribution < -0.4 is 5.32 Å². The first-order chi connectivity index (χ1) is 9.91. The van der Waals surface area contributed by atoms with Gasteiger partial charge >= 0.3 is 0 Å². The Morgan fingerprint density at radius 2 is 2.10 bits per heavy atom. The van der Waals surface area contributed by atoms with Gasteiger partial charge in [0.15, 0.2) is 0 Å². The second kappa shape index (κ2) is 5.74. The van der Waals surface area contributed by atoms with Gasteiger partial charge in [0.1, 0.15) is 11.6 Å². The fourth-order valence-corrected chi connectivity index (χ4v) is 2.11. The molecule has 7 heteroatoms. The van der Waals surface area contributed by atoms with Crippen molar-refractivity contribution in [3.63, 3.8) is 0 Å². The molecule has 2 aromatic rings. The van der Waals surface area contributed by atoms with Crippen LogP contribution in [0.25, 0.3) is 10.9 Å². The Morgan fingerprint density at radius 1 is 1.38 bits per heavy atom. The third-order valence-corrected chi connectivity index (χ3v) is 3.13. The first-order valence-corrected chi connectivity index (χ1v) is 6.41. The van der Waals surface area contributed by atoms with E-state index >= 15 is 0 Å². The average molecular weight is 288 g/mol. The number of benzene rings is 1. The number of amides is 1. The van der Waals surface area contributed by atoms with E-state index < -0.39 is 11.0 Å². The maximum Gasteiger partial charge on any atom is 0.295 e. The highest BCUT2D eigenvalue weighted by Crippen LogP contribution is 2.30. The number of likely N-dealkylation sites (N-methyl/N-ethyl adjacent to an activating group) is 1. The minimum absolute atomic E-state index is 0.0530. The third kappa shape index (κ3) is 2.91. The van der Waals surface area contributed by atoms with Gasteiger partial charge in [0.05, 0.1) is 4.92 Å². The zero-order valence-corrected chi connectivity index (χ0v) is 12.0. The summed E-state index contributed by atoms with van der Waals surface area (Å²) < 4.78 is 0. The molecule has 0 bridgehead atoms. The Morgan fingerprint density at radius 3 is 2.71 bits per heavy atom. The second-order valence-corrected chi connectivity index (χ2v) is 4.89. The van der Waals surface area contributed by atoms with Gasteiger partial charge in [-0.2, -0.15) is 0 Å². The molecule has 0 aliphatic rings. The monoisotopic (exact) mass is 288 g/mol. The van der Waals surface area contributed by atoms with Gasteiger partial charge in [-0.3, -0.25) is 14.9 Å². The van der Waals surface area contributed by atoms with E-state index in [-0.39, 0.29) is 11.6 Å². The summed E-state index contributed by atoms with van der Waals surface area (Å²) >= 11 is 0. The van der Waals surface area contributed by atoms with E-state index in [4.69, 9.17) is 0 Å². The molecule has 1 heterocycles. The van der Waals surface area contributed by atoms with Crippen molar-refractivity contribution in [1.29, 1.82) is 0 Å². The summed E-state index contributed by atoms with van der Waals surface area (Å²) in [5, 5.41) is 14.7. The lowest BCUT2D eigenvalue weighted by Gasteiger charge is -2.19. The molecular formula is C14H16N4O3. The lowest BCUT2D eigenvalue weighted by Crippen LogP contribution is -2.36. The number of hydrogen-bond acceptors (Lipinski definition) is 5. The molecule has 21 heavy (non-hydrogen) atoms. The summed E-state index contributed by atoms with van der Waals surface area (Å²) in [7, 11) is 3.35. The number of carbonyl (C=O) groups is 1. The molecule has 0 saturated carbocycles. The lowest BCUT2D eigenvalue weighted by molar-refractivity contribution is -0.383. The van der Waals surface area contributed by atoms with E-state index in [0.29, 0.717) is 16.6 Å². The number of non-ortho nitro benzene ring substituents is 1. The number of nitro benzene ring substituents is 1. The van der Waals surface area contributed by atoms with Crippen molar-refractivity contribution in [3.8, 4) is 0 Å². The van der Waals surface area contributed by atoms with Gasteiger partial charge in [-0.1, -0.05) is 0 Å². The van der Waals surface area contributed by atoms with Gasteiger partial charge in [0.2, 0.25) is 5.91 Å². The van der Waals surface area contributed by atoms with Crippen LogP contribution in [0.2, 0.25) is 0 Å². The van der Waals surface area contributed by atoms with Crippen molar-refractivity contribution < 1.29 is 9.72 Å². The van der Waals surface area contributed by atoms with Crippen LogP contribution in [0, 0.1) is 10.1 Å². The number of nitrogens with zero attached hydrogens (tertiary/aromatic N) is 3. The molecule has 0 aliphatic carbocycles. The molecular weight excluding hydrogens is 272 g/mol. The van der Waals surface area contributed by atoms with E-state index in [9.17, 15) is 14.9 Å². The molecule has 1 aromatic carbocycles. The smallest absolute Gasteiger partial charge is 0.295 e. The SMILES string of the molecule is CC(Nc1ccc([N+](=O)[O-])c2ncccc12)C(=O)N(C)C. The van der Waals surface area contributed by atoms with E-state index in [0.717, 1.165) is 0 Å². The molecule has 0 fully saturated rings. The van der Waals surface area contributed by atoms with E-state index in [1.807, 2.05) is 0 Å². The van der Waals surface area contributed by atoms with Crippen LogP contribution in [0.1, 0.15) is 6.92 Å². The van der Waals surface area contributed by atoms with Crippen LogP contribution in [0.3, 0.4) is 0 Å². The van der Waals surface area contributed by atoms with Gasteiger partial charge in [-0.05, 0) is 25.1 Å². The standard InChI is InChI=1S/C14H16N4O3/c1-9(14(19)17(2)3)16-11-6-7-12(18(20)21)13-10(11)5-4-8-15-13/h4-9,16H,1-3H3. The van der Waals surface area contributed by atoms with Crippen molar-refractivity contribution in [2.24, 2.45) is 0 Å². The van der Waals surface area contributed by atoms with Crippen LogP contribution >= 0.6 is 0 Å². The summed E-state index contributed by atoms with van der Waals surface area (Å²) in [5.41, 5.74) is 0.895. The van der Waals surface area contributed by atoms with Gasteiger partial charge in [0, 0.05) is 37.4 Å². The fraction of sp³-hybridized carbons (Fsp3) is 0.286. The predicted octanol–water partition coefficient (Wildman–Crippen LogP) is 2.03. The molecule has 110 valence electrons. The molecule has 1 atom stereocenters. The van der Waals surface area contributed by atoms with E-state index in [1.165, 1.54) is 17.2 Å². The molecule has 0 saturated heterocycles. The van der Waals surface area contributed by atoms with Gasteiger partial charge in [0.25, 0.3) is 5.69 Å². The highest BCUT2D eigenvalue weighted by molar-refractivity contribution is 5.98. The fourth-order valence-electron chi connectivity index (χ4n) is 2.11. The van der Waals surface area contributed by atoms with Gasteiger partial charge < -0.3 is 10.2 Å². The minimum Gasteiger partial charge on any atom is -0.373 e. The number of pyridine rings is 1. The summed E-state index contributed by atoms with van der Waals surface area (Å²) in [4.78, 5) is 28.0. The summed E-state index contributed by atoms with van der Waals surface area (Å²) in [5.74, 6) is -0.0783. The number of carbonyl (C=O) groups excluding carboxylic acids is 1. The summed E-state index contributed by atoms with van der Waals surface area (Å²) in [6, 6.07) is 6.00. The average Bonchev–Trinajstić information content (AvgIpc) is 2.46. The number of fused-ring (bicyclic) bond motifs is 1. The van der Waals surface area contributed by atoms with E-state index in [2.05, 4.69) is 10.3 Å². The zero-order chi connectivity index (χ0) is 15.6. The Kier molecular flexibility index (Phi) is 4.02. The zero-order valence-electron chi connectivity index (χ0n) is 12.0. The van der Waals surface area contributed by atoms with E-state index in [1.54, 1.807) is 39.2 Å². The Labute approximate surface area is 121 Å². The first kappa shape index (κ1) is 14.7. The van der Waals surface area contributed by atoms with Crippen LogP contribution in [-0.4, -0.2) is 40.9 Å². The first-order valence-electron chi connectivity index (χ1n) is 6.41.